The lowest BCUT2D eigenvalue weighted by molar-refractivity contribution is 0.820. The zero-order valence-electron chi connectivity index (χ0n) is 13.1. The Kier molecular flexibility index (Phi) is 5.78. The molecule has 0 aliphatic rings. The lowest BCUT2D eigenvalue weighted by Gasteiger charge is -2.06. The molecule has 0 aliphatic carbocycles. The van der Waals surface area contributed by atoms with E-state index < -0.39 is 0 Å². The molecule has 0 fully saturated rings. The molecule has 2 aromatic heterocycles. The highest BCUT2D eigenvalue weighted by atomic mass is 32.2. The Hall–Kier alpha value is -2.07. The van der Waals surface area contributed by atoms with Crippen LogP contribution in [0.3, 0.4) is 0 Å². The molecule has 0 radical (unpaired) electrons. The van der Waals surface area contributed by atoms with E-state index in [0.717, 1.165) is 34.2 Å². The Morgan fingerprint density at radius 3 is 2.73 bits per heavy atom. The first-order valence-electron chi connectivity index (χ1n) is 7.27. The Morgan fingerprint density at radius 1 is 1.32 bits per heavy atom. The van der Waals surface area contributed by atoms with Crippen LogP contribution >= 0.6 is 11.8 Å². The second-order valence-corrected chi connectivity index (χ2v) is 5.87. The average molecular weight is 311 g/mol. The zero-order chi connectivity index (χ0) is 15.9. The third-order valence-electron chi connectivity index (χ3n) is 3.29. The molecule has 2 aromatic rings. The fraction of sp³-hybridized carbons (Fsp3) is 0.222. The molecule has 0 spiro atoms. The molecule has 2 rings (SSSR count). The summed E-state index contributed by atoms with van der Waals surface area (Å²) in [5.74, 6) is 0. The minimum absolute atomic E-state index is 0.797. The van der Waals surface area contributed by atoms with Crippen molar-refractivity contribution in [3.8, 4) is 0 Å². The van der Waals surface area contributed by atoms with Gasteiger partial charge in [-0.25, -0.2) is 9.97 Å². The standard InChI is InChI=1S/C18H21N3S/c1-5-8-9-15(7-3)17-18(21(4)13-20-17)22-16-11-10-14(6-2)12-19-16/h5,7,9-13H,1,3,6,8H2,2,4H3/b15-9+. The van der Waals surface area contributed by atoms with E-state index in [1.54, 1.807) is 11.8 Å². The second kappa shape index (κ2) is 7.80. The van der Waals surface area contributed by atoms with Crippen LogP contribution in [0, 0.1) is 0 Å². The molecule has 0 bridgehead atoms. The third kappa shape index (κ3) is 3.77. The minimum atomic E-state index is 0.797. The predicted molar refractivity (Wildman–Crippen MR) is 93.9 cm³/mol. The number of imidazole rings is 1. The van der Waals surface area contributed by atoms with Gasteiger partial charge in [0, 0.05) is 13.2 Å². The van der Waals surface area contributed by atoms with Gasteiger partial charge in [-0.1, -0.05) is 37.8 Å². The molecule has 0 aromatic carbocycles. The van der Waals surface area contributed by atoms with E-state index in [1.165, 1.54) is 5.56 Å². The molecular formula is C18H21N3S. The largest absolute Gasteiger partial charge is 0.328 e. The van der Waals surface area contributed by atoms with E-state index >= 15 is 0 Å². The Labute approximate surface area is 136 Å². The average Bonchev–Trinajstić information content (AvgIpc) is 2.90. The van der Waals surface area contributed by atoms with Crippen molar-refractivity contribution in [2.45, 2.75) is 29.8 Å². The molecule has 3 nitrogen and oxygen atoms in total. The molecule has 0 saturated carbocycles. The first-order valence-corrected chi connectivity index (χ1v) is 8.09. The highest BCUT2D eigenvalue weighted by Crippen LogP contribution is 2.32. The highest BCUT2D eigenvalue weighted by Gasteiger charge is 2.13. The quantitative estimate of drug-likeness (QED) is 0.550. The summed E-state index contributed by atoms with van der Waals surface area (Å²) in [4.78, 5) is 9.02. The molecule has 2 heterocycles. The van der Waals surface area contributed by atoms with E-state index in [2.05, 4.69) is 48.3 Å². The van der Waals surface area contributed by atoms with Crippen molar-refractivity contribution >= 4 is 17.3 Å². The van der Waals surface area contributed by atoms with Gasteiger partial charge in [-0.05, 0) is 41.8 Å². The van der Waals surface area contributed by atoms with E-state index in [0.29, 0.717) is 0 Å². The monoisotopic (exact) mass is 311 g/mol. The fourth-order valence-corrected chi connectivity index (χ4v) is 2.90. The van der Waals surface area contributed by atoms with Gasteiger partial charge in [0.2, 0.25) is 0 Å². The molecule has 114 valence electrons. The van der Waals surface area contributed by atoms with Gasteiger partial charge in [0.1, 0.15) is 15.7 Å². The number of pyridine rings is 1. The van der Waals surface area contributed by atoms with E-state index in [1.807, 2.05) is 36.3 Å². The maximum absolute atomic E-state index is 4.51. The lowest BCUT2D eigenvalue weighted by Crippen LogP contribution is -1.92. The maximum Gasteiger partial charge on any atom is 0.109 e. The number of allylic oxidation sites excluding steroid dienone is 4. The number of hydrogen-bond acceptors (Lipinski definition) is 3. The second-order valence-electron chi connectivity index (χ2n) is 4.86. The van der Waals surface area contributed by atoms with Crippen molar-refractivity contribution in [2.75, 3.05) is 0 Å². The van der Waals surface area contributed by atoms with Gasteiger partial charge >= 0.3 is 0 Å². The molecule has 0 amide bonds. The number of aromatic nitrogens is 3. The summed E-state index contributed by atoms with van der Waals surface area (Å²) in [7, 11) is 1.99. The summed E-state index contributed by atoms with van der Waals surface area (Å²) in [5.41, 5.74) is 3.20. The molecule has 4 heteroatoms. The van der Waals surface area contributed by atoms with Gasteiger partial charge in [-0.3, -0.25) is 0 Å². The van der Waals surface area contributed by atoms with Crippen LogP contribution in [0.1, 0.15) is 24.6 Å². The first-order chi connectivity index (χ1) is 10.7. The molecule has 0 unspecified atom stereocenters. The van der Waals surface area contributed by atoms with Crippen molar-refractivity contribution in [3.05, 3.63) is 67.3 Å². The van der Waals surface area contributed by atoms with Crippen LogP contribution < -0.4 is 0 Å². The van der Waals surface area contributed by atoms with Gasteiger partial charge < -0.3 is 4.57 Å². The van der Waals surface area contributed by atoms with E-state index in [9.17, 15) is 0 Å². The maximum atomic E-state index is 4.51. The van der Waals surface area contributed by atoms with Gasteiger partial charge in [0.15, 0.2) is 0 Å². The van der Waals surface area contributed by atoms with E-state index in [-0.39, 0.29) is 0 Å². The van der Waals surface area contributed by atoms with Crippen molar-refractivity contribution in [1.29, 1.82) is 0 Å². The Balaban J connectivity index is 2.32. The predicted octanol–water partition coefficient (Wildman–Crippen LogP) is 4.67. The van der Waals surface area contributed by atoms with Gasteiger partial charge in [0.25, 0.3) is 0 Å². The Bertz CT molecular complexity index is 681. The van der Waals surface area contributed by atoms with Crippen LogP contribution in [0.15, 0.2) is 66.1 Å². The number of rotatable bonds is 7. The van der Waals surface area contributed by atoms with Crippen molar-refractivity contribution < 1.29 is 0 Å². The number of hydrogen-bond donors (Lipinski definition) is 0. The summed E-state index contributed by atoms with van der Waals surface area (Å²) in [6, 6.07) is 4.18. The van der Waals surface area contributed by atoms with Crippen LogP contribution in [0.4, 0.5) is 0 Å². The van der Waals surface area contributed by atoms with Crippen LogP contribution in [0.25, 0.3) is 5.57 Å². The topological polar surface area (TPSA) is 30.7 Å². The summed E-state index contributed by atoms with van der Waals surface area (Å²) in [6.45, 7) is 9.78. The highest BCUT2D eigenvalue weighted by molar-refractivity contribution is 7.99. The SMILES string of the molecule is C=CC/C=C(\C=C)c1ncn(C)c1Sc1ccc(CC)cn1. The van der Waals surface area contributed by atoms with Crippen molar-refractivity contribution in [3.63, 3.8) is 0 Å². The lowest BCUT2D eigenvalue weighted by atomic mass is 10.1. The molecule has 0 atom stereocenters. The molecule has 22 heavy (non-hydrogen) atoms. The van der Waals surface area contributed by atoms with Crippen molar-refractivity contribution in [2.24, 2.45) is 7.05 Å². The van der Waals surface area contributed by atoms with Gasteiger partial charge in [0.05, 0.1) is 6.33 Å². The van der Waals surface area contributed by atoms with E-state index in [4.69, 9.17) is 0 Å². The first kappa shape index (κ1) is 16.3. The minimum Gasteiger partial charge on any atom is -0.328 e. The number of nitrogens with zero attached hydrogens (tertiary/aromatic N) is 3. The molecular weight excluding hydrogens is 290 g/mol. The third-order valence-corrected chi connectivity index (χ3v) is 4.41. The molecule has 0 N–H and O–H groups in total. The number of aryl methyl sites for hydroxylation is 2. The summed E-state index contributed by atoms with van der Waals surface area (Å²) in [5, 5.41) is 2.03. The smallest absolute Gasteiger partial charge is 0.109 e. The fourth-order valence-electron chi connectivity index (χ4n) is 2.00. The van der Waals surface area contributed by atoms with Crippen LogP contribution in [0.2, 0.25) is 0 Å². The van der Waals surface area contributed by atoms with Gasteiger partial charge in [-0.15, -0.1) is 6.58 Å². The summed E-state index contributed by atoms with van der Waals surface area (Å²) in [6.07, 6.45) is 11.3. The van der Waals surface area contributed by atoms with Crippen LogP contribution in [-0.4, -0.2) is 14.5 Å². The summed E-state index contributed by atoms with van der Waals surface area (Å²) >= 11 is 1.62. The summed E-state index contributed by atoms with van der Waals surface area (Å²) < 4.78 is 2.01. The molecule has 0 saturated heterocycles. The normalized spacial score (nSPS) is 11.5. The zero-order valence-corrected chi connectivity index (χ0v) is 13.9. The van der Waals surface area contributed by atoms with Crippen LogP contribution in [-0.2, 0) is 13.5 Å². The van der Waals surface area contributed by atoms with Gasteiger partial charge in [-0.2, -0.15) is 0 Å². The molecule has 0 aliphatic heterocycles. The van der Waals surface area contributed by atoms with Crippen LogP contribution in [0.5, 0.6) is 0 Å². The Morgan fingerprint density at radius 2 is 2.14 bits per heavy atom. The van der Waals surface area contributed by atoms with Crippen molar-refractivity contribution in [1.82, 2.24) is 14.5 Å².